The maximum absolute atomic E-state index is 12.2. The summed E-state index contributed by atoms with van der Waals surface area (Å²) in [7, 11) is 0. The zero-order valence-corrected chi connectivity index (χ0v) is 10.4. The molecule has 0 bridgehead atoms. The fourth-order valence-electron chi connectivity index (χ4n) is 1.81. The normalized spacial score (nSPS) is 19.1. The monoisotopic (exact) mass is 255 g/mol. The molecule has 1 heterocycles. The van der Waals surface area contributed by atoms with Gasteiger partial charge < -0.3 is 11.1 Å². The number of aryl methyl sites for hydroxylation is 1. The van der Waals surface area contributed by atoms with E-state index in [1.165, 1.54) is 0 Å². The van der Waals surface area contributed by atoms with Gasteiger partial charge in [-0.1, -0.05) is 17.7 Å². The molecule has 0 aliphatic carbocycles. The molecule has 1 aliphatic rings. The van der Waals surface area contributed by atoms with E-state index in [1.807, 2.05) is 25.1 Å². The van der Waals surface area contributed by atoms with Gasteiger partial charge in [-0.25, -0.2) is 0 Å². The number of hydrogen-bond donors (Lipinski definition) is 2. The number of nitrogens with zero attached hydrogens (tertiary/aromatic N) is 3. The van der Waals surface area contributed by atoms with Crippen LogP contribution in [0.4, 0.5) is 5.69 Å². The number of amides is 1. The van der Waals surface area contributed by atoms with E-state index in [4.69, 9.17) is 16.4 Å². The van der Waals surface area contributed by atoms with Crippen molar-refractivity contribution in [2.24, 2.45) is 16.8 Å². The van der Waals surface area contributed by atoms with Gasteiger partial charge in [0.1, 0.15) is 6.07 Å². The van der Waals surface area contributed by atoms with Crippen molar-refractivity contribution in [1.82, 2.24) is 0 Å². The molecule has 0 fully saturated rings. The van der Waals surface area contributed by atoms with E-state index >= 15 is 0 Å². The predicted molar refractivity (Wildman–Crippen MR) is 72.0 cm³/mol. The Balaban J connectivity index is 2.47. The molecule has 1 amide bonds. The molecule has 0 saturated heterocycles. The molecule has 0 aromatic heterocycles. The van der Waals surface area contributed by atoms with Gasteiger partial charge in [0.05, 0.1) is 17.3 Å². The molecular weight excluding hydrogens is 242 g/mol. The topological polar surface area (TPSA) is 106 Å². The van der Waals surface area contributed by atoms with Crippen LogP contribution in [0.15, 0.2) is 29.4 Å². The Bertz CT molecular complexity index is 596. The Labute approximate surface area is 110 Å². The molecule has 96 valence electrons. The van der Waals surface area contributed by atoms with Gasteiger partial charge in [-0.05, 0) is 19.1 Å². The lowest BCUT2D eigenvalue weighted by Gasteiger charge is -2.27. The average Bonchev–Trinajstić information content (AvgIpc) is 2.41. The third-order valence-corrected chi connectivity index (χ3v) is 2.93. The number of anilines is 1. The van der Waals surface area contributed by atoms with E-state index in [0.717, 1.165) is 10.6 Å². The second-order valence-electron chi connectivity index (χ2n) is 4.25. The third kappa shape index (κ3) is 2.23. The molecule has 1 aliphatic heterocycles. The lowest BCUT2D eigenvalue weighted by atomic mass is 9.97. The Morgan fingerprint density at radius 1 is 1.47 bits per heavy atom. The van der Waals surface area contributed by atoms with Crippen molar-refractivity contribution in [1.29, 1.82) is 10.7 Å². The van der Waals surface area contributed by atoms with E-state index in [-0.39, 0.29) is 23.9 Å². The fraction of sp³-hybridized carbons (Fsp3) is 0.231. The van der Waals surface area contributed by atoms with Crippen LogP contribution < -0.4 is 10.7 Å². The second kappa shape index (κ2) is 5.00. The standard InChI is InChI=1S/C13H13N5O/c1-8-2-4-9(5-3-8)18-13(19)10(6-14)12(16)11(7-15)17-18/h2-5,10,16H,6,14H2,1H3. The average molecular weight is 255 g/mol. The van der Waals surface area contributed by atoms with Crippen molar-refractivity contribution < 1.29 is 4.79 Å². The van der Waals surface area contributed by atoms with Gasteiger partial charge in [-0.2, -0.15) is 15.4 Å². The summed E-state index contributed by atoms with van der Waals surface area (Å²) in [6.45, 7) is 1.92. The van der Waals surface area contributed by atoms with Crippen molar-refractivity contribution in [3.63, 3.8) is 0 Å². The molecule has 6 nitrogen and oxygen atoms in total. The summed E-state index contributed by atoms with van der Waals surface area (Å²) in [5, 5.41) is 21.8. The van der Waals surface area contributed by atoms with Crippen LogP contribution in [0.1, 0.15) is 5.56 Å². The first-order chi connectivity index (χ1) is 9.08. The number of nitrogens with one attached hydrogen (secondary N) is 1. The van der Waals surface area contributed by atoms with Crippen LogP contribution in [-0.2, 0) is 4.79 Å². The highest BCUT2D eigenvalue weighted by Gasteiger charge is 2.35. The second-order valence-corrected chi connectivity index (χ2v) is 4.25. The van der Waals surface area contributed by atoms with Crippen LogP contribution in [0.25, 0.3) is 0 Å². The maximum Gasteiger partial charge on any atom is 0.257 e. The summed E-state index contributed by atoms with van der Waals surface area (Å²) in [6, 6.07) is 9.01. The molecule has 6 heteroatoms. The smallest absolute Gasteiger partial charge is 0.257 e. The first-order valence-electron chi connectivity index (χ1n) is 5.76. The number of carbonyl (C=O) groups is 1. The Hall–Kier alpha value is -2.52. The highest BCUT2D eigenvalue weighted by molar-refractivity contribution is 6.52. The number of nitrogens with two attached hydrogens (primary N) is 1. The molecule has 3 N–H and O–H groups in total. The maximum atomic E-state index is 12.2. The molecule has 1 unspecified atom stereocenters. The van der Waals surface area contributed by atoms with E-state index < -0.39 is 5.92 Å². The number of rotatable bonds is 2. The minimum atomic E-state index is -0.812. The zero-order valence-electron chi connectivity index (χ0n) is 10.4. The largest absolute Gasteiger partial charge is 0.329 e. The predicted octanol–water partition coefficient (Wildman–Crippen LogP) is 0.816. The first-order valence-corrected chi connectivity index (χ1v) is 5.76. The van der Waals surface area contributed by atoms with E-state index in [2.05, 4.69) is 5.10 Å². The first kappa shape index (κ1) is 12.9. The molecule has 1 atom stereocenters. The third-order valence-electron chi connectivity index (χ3n) is 2.93. The fourth-order valence-corrected chi connectivity index (χ4v) is 1.81. The van der Waals surface area contributed by atoms with Gasteiger partial charge in [0, 0.05) is 6.54 Å². The minimum Gasteiger partial charge on any atom is -0.329 e. The Morgan fingerprint density at radius 2 is 2.11 bits per heavy atom. The van der Waals surface area contributed by atoms with Crippen LogP contribution in [0.5, 0.6) is 0 Å². The lowest BCUT2D eigenvalue weighted by Crippen LogP contribution is -2.47. The molecule has 2 rings (SSSR count). The SMILES string of the molecule is Cc1ccc(N2N=C(C#N)C(=N)C(CN)C2=O)cc1. The van der Waals surface area contributed by atoms with Gasteiger partial charge in [0.2, 0.25) is 0 Å². The quantitative estimate of drug-likeness (QED) is 0.816. The number of hydrazone groups is 1. The summed E-state index contributed by atoms with van der Waals surface area (Å²) in [5.74, 6) is -1.19. The lowest BCUT2D eigenvalue weighted by molar-refractivity contribution is -0.120. The highest BCUT2D eigenvalue weighted by atomic mass is 16.2. The summed E-state index contributed by atoms with van der Waals surface area (Å²) in [6.07, 6.45) is 0. The molecular formula is C13H13N5O. The molecule has 19 heavy (non-hydrogen) atoms. The van der Waals surface area contributed by atoms with Crippen LogP contribution in [0.2, 0.25) is 0 Å². The van der Waals surface area contributed by atoms with Gasteiger partial charge in [0.15, 0.2) is 5.71 Å². The van der Waals surface area contributed by atoms with Crippen molar-refractivity contribution >= 4 is 23.0 Å². The van der Waals surface area contributed by atoms with Crippen molar-refractivity contribution in [2.75, 3.05) is 11.6 Å². The molecule has 0 saturated carbocycles. The van der Waals surface area contributed by atoms with Crippen molar-refractivity contribution in [3.8, 4) is 6.07 Å². The summed E-state index contributed by atoms with van der Waals surface area (Å²) < 4.78 is 0. The number of carbonyl (C=O) groups excluding carboxylic acids is 1. The molecule has 0 radical (unpaired) electrons. The van der Waals surface area contributed by atoms with Crippen LogP contribution in [-0.4, -0.2) is 23.9 Å². The summed E-state index contributed by atoms with van der Waals surface area (Å²) >= 11 is 0. The van der Waals surface area contributed by atoms with E-state index in [1.54, 1.807) is 12.1 Å². The van der Waals surface area contributed by atoms with Gasteiger partial charge in [0.25, 0.3) is 5.91 Å². The van der Waals surface area contributed by atoms with E-state index in [9.17, 15) is 4.79 Å². The van der Waals surface area contributed by atoms with E-state index in [0.29, 0.717) is 5.69 Å². The Morgan fingerprint density at radius 3 is 2.63 bits per heavy atom. The number of benzene rings is 1. The molecule has 1 aromatic rings. The van der Waals surface area contributed by atoms with Crippen molar-refractivity contribution in [3.05, 3.63) is 29.8 Å². The van der Waals surface area contributed by atoms with Crippen LogP contribution in [0.3, 0.4) is 0 Å². The highest BCUT2D eigenvalue weighted by Crippen LogP contribution is 2.22. The molecule has 1 aromatic carbocycles. The zero-order chi connectivity index (χ0) is 14.0. The van der Waals surface area contributed by atoms with Crippen LogP contribution in [0, 0.1) is 29.6 Å². The van der Waals surface area contributed by atoms with Crippen LogP contribution >= 0.6 is 0 Å². The van der Waals surface area contributed by atoms with Crippen molar-refractivity contribution in [2.45, 2.75) is 6.92 Å². The van der Waals surface area contributed by atoms with Gasteiger partial charge in [-0.15, -0.1) is 0 Å². The minimum absolute atomic E-state index is 0.0132. The van der Waals surface area contributed by atoms with Gasteiger partial charge >= 0.3 is 0 Å². The van der Waals surface area contributed by atoms with Gasteiger partial charge in [-0.3, -0.25) is 4.79 Å². The summed E-state index contributed by atoms with van der Waals surface area (Å²) in [4.78, 5) is 12.2. The number of nitriles is 1. The Kier molecular flexibility index (Phi) is 3.40. The number of hydrogen-bond acceptors (Lipinski definition) is 5. The molecule has 0 spiro atoms. The summed E-state index contributed by atoms with van der Waals surface area (Å²) in [5.41, 5.74) is 6.95.